The second kappa shape index (κ2) is 9.59. The van der Waals surface area contributed by atoms with Crippen molar-refractivity contribution in [3.8, 4) is 0 Å². The Morgan fingerprint density at radius 3 is 2.28 bits per heavy atom. The van der Waals surface area contributed by atoms with Gasteiger partial charge in [-0.1, -0.05) is 41.9 Å². The third-order valence-electron chi connectivity index (χ3n) is 6.84. The van der Waals surface area contributed by atoms with E-state index >= 15 is 0 Å². The smallest absolute Gasteiger partial charge is 0.341 e. The number of amides is 2. The third-order valence-corrected chi connectivity index (χ3v) is 8.22. The van der Waals surface area contributed by atoms with E-state index in [1.807, 2.05) is 17.4 Å². The van der Waals surface area contributed by atoms with Gasteiger partial charge in [-0.2, -0.15) is 13.2 Å². The molecule has 0 radical (unpaired) electrons. The van der Waals surface area contributed by atoms with Crippen molar-refractivity contribution in [3.63, 3.8) is 0 Å². The molecule has 12 heteroatoms. The van der Waals surface area contributed by atoms with Gasteiger partial charge in [0.15, 0.2) is 0 Å². The van der Waals surface area contributed by atoms with Gasteiger partial charge >= 0.3 is 12.1 Å². The van der Waals surface area contributed by atoms with Gasteiger partial charge in [0.2, 0.25) is 15.9 Å². The molecule has 2 heterocycles. The number of rotatable bonds is 5. The van der Waals surface area contributed by atoms with Gasteiger partial charge < -0.3 is 10.2 Å². The first kappa shape index (κ1) is 26.3. The molecule has 4 rings (SSSR count). The van der Waals surface area contributed by atoms with Gasteiger partial charge in [-0.15, -0.1) is 0 Å². The first-order valence-corrected chi connectivity index (χ1v) is 13.5. The summed E-state index contributed by atoms with van der Waals surface area (Å²) in [7, 11) is -3.51. The van der Waals surface area contributed by atoms with Crippen LogP contribution >= 0.6 is 11.6 Å². The number of hydrogen-bond acceptors (Lipinski definition) is 4. The predicted octanol–water partition coefficient (Wildman–Crippen LogP) is 3.27. The summed E-state index contributed by atoms with van der Waals surface area (Å²) < 4.78 is 65.1. The number of benzene rings is 2. The van der Waals surface area contributed by atoms with Gasteiger partial charge in [0, 0.05) is 36.5 Å². The van der Waals surface area contributed by atoms with E-state index in [0.29, 0.717) is 29.1 Å². The van der Waals surface area contributed by atoms with Gasteiger partial charge in [0.1, 0.15) is 6.04 Å². The van der Waals surface area contributed by atoms with Crippen LogP contribution in [-0.2, 0) is 31.4 Å². The molecular weight excluding hydrogens is 519 g/mol. The van der Waals surface area contributed by atoms with Gasteiger partial charge in [0.05, 0.1) is 11.9 Å². The maximum Gasteiger partial charge on any atom is 0.471 e. The Labute approximate surface area is 212 Å². The minimum Gasteiger partial charge on any atom is -0.341 e. The lowest BCUT2D eigenvalue weighted by Crippen LogP contribution is -2.56. The van der Waals surface area contributed by atoms with Gasteiger partial charge in [0.25, 0.3) is 0 Å². The standard InChI is InChI=1S/C24H25ClF3N3O4S/c1-36(34,35)31-15-23(18-4-2-3-5-20(18)31)10-12-30(13-11-23)21(32)19(29-22(33)24(26,27)28)14-16-6-8-17(25)9-7-16/h2-9,19H,10-15H2,1H3,(H,29,33). The zero-order valence-corrected chi connectivity index (χ0v) is 21.0. The lowest BCUT2D eigenvalue weighted by molar-refractivity contribution is -0.175. The summed E-state index contributed by atoms with van der Waals surface area (Å²) in [6.45, 7) is 0.666. The molecule has 0 saturated carbocycles. The molecule has 1 unspecified atom stereocenters. The van der Waals surface area contributed by atoms with E-state index in [2.05, 4.69) is 0 Å². The molecule has 1 saturated heterocycles. The van der Waals surface area contributed by atoms with Crippen molar-refractivity contribution in [2.24, 2.45) is 0 Å². The summed E-state index contributed by atoms with van der Waals surface area (Å²) in [5.41, 5.74) is 1.53. The number of nitrogens with zero attached hydrogens (tertiary/aromatic N) is 2. The Bertz CT molecular complexity index is 1260. The number of halogens is 4. The third kappa shape index (κ3) is 5.31. The lowest BCUT2D eigenvalue weighted by Gasteiger charge is -2.41. The molecule has 2 aromatic carbocycles. The van der Waals surface area contributed by atoms with Crippen LogP contribution in [0.1, 0.15) is 24.0 Å². The number of carbonyl (C=O) groups is 2. The number of nitrogens with one attached hydrogen (secondary N) is 1. The number of piperidine rings is 1. The van der Waals surface area contributed by atoms with Crippen LogP contribution in [0.3, 0.4) is 0 Å². The molecule has 1 N–H and O–H groups in total. The van der Waals surface area contributed by atoms with E-state index in [4.69, 9.17) is 11.6 Å². The normalized spacial score (nSPS) is 18.1. The Balaban J connectivity index is 1.53. The Morgan fingerprint density at radius 1 is 1.08 bits per heavy atom. The van der Waals surface area contributed by atoms with Crippen LogP contribution in [0.25, 0.3) is 0 Å². The molecule has 0 aliphatic carbocycles. The van der Waals surface area contributed by atoms with Crippen LogP contribution in [0, 0.1) is 0 Å². The van der Waals surface area contributed by atoms with Crippen molar-refractivity contribution in [1.82, 2.24) is 10.2 Å². The average molecular weight is 544 g/mol. The summed E-state index contributed by atoms with van der Waals surface area (Å²) in [6.07, 6.45) is -3.26. The van der Waals surface area contributed by atoms with E-state index in [1.54, 1.807) is 36.4 Å². The Morgan fingerprint density at radius 2 is 1.69 bits per heavy atom. The second-order valence-electron chi connectivity index (χ2n) is 9.25. The maximum atomic E-state index is 13.3. The molecule has 2 aliphatic rings. The highest BCUT2D eigenvalue weighted by Crippen LogP contribution is 2.47. The number of fused-ring (bicyclic) bond motifs is 2. The number of anilines is 1. The summed E-state index contributed by atoms with van der Waals surface area (Å²) in [5.74, 6) is -2.81. The van der Waals surface area contributed by atoms with Gasteiger partial charge in [-0.25, -0.2) is 8.42 Å². The summed E-state index contributed by atoms with van der Waals surface area (Å²) >= 11 is 5.88. The average Bonchev–Trinajstić information content (AvgIpc) is 3.14. The van der Waals surface area contributed by atoms with E-state index in [-0.39, 0.29) is 26.1 Å². The van der Waals surface area contributed by atoms with Crippen molar-refractivity contribution in [2.45, 2.75) is 36.9 Å². The van der Waals surface area contributed by atoms with E-state index < -0.39 is 39.5 Å². The van der Waals surface area contributed by atoms with Crippen LogP contribution in [0.15, 0.2) is 48.5 Å². The Kier molecular flexibility index (Phi) is 7.00. The molecule has 7 nitrogen and oxygen atoms in total. The highest BCUT2D eigenvalue weighted by molar-refractivity contribution is 7.92. The molecule has 0 bridgehead atoms. The molecule has 1 atom stereocenters. The summed E-state index contributed by atoms with van der Waals surface area (Å²) in [5, 5.41) is 2.28. The fourth-order valence-corrected chi connectivity index (χ4v) is 6.10. The fourth-order valence-electron chi connectivity index (χ4n) is 4.98. The molecule has 36 heavy (non-hydrogen) atoms. The summed E-state index contributed by atoms with van der Waals surface area (Å²) in [4.78, 5) is 26.4. The quantitative estimate of drug-likeness (QED) is 0.627. The fraction of sp³-hybridized carbons (Fsp3) is 0.417. The number of sulfonamides is 1. The van der Waals surface area contributed by atoms with E-state index in [0.717, 1.165) is 11.8 Å². The van der Waals surface area contributed by atoms with Gasteiger partial charge in [-0.3, -0.25) is 13.9 Å². The molecule has 2 aliphatic heterocycles. The minimum atomic E-state index is -5.13. The van der Waals surface area contributed by atoms with Crippen molar-refractivity contribution in [2.75, 3.05) is 30.2 Å². The van der Waals surface area contributed by atoms with Crippen LogP contribution < -0.4 is 9.62 Å². The topological polar surface area (TPSA) is 86.8 Å². The van der Waals surface area contributed by atoms with E-state index in [9.17, 15) is 31.2 Å². The summed E-state index contributed by atoms with van der Waals surface area (Å²) in [6, 6.07) is 12.1. The van der Waals surface area contributed by atoms with Crippen LogP contribution in [0.5, 0.6) is 0 Å². The molecular formula is C24H25ClF3N3O4S. The zero-order chi connectivity index (χ0) is 26.3. The largest absolute Gasteiger partial charge is 0.471 e. The number of carbonyl (C=O) groups excluding carboxylic acids is 2. The SMILES string of the molecule is CS(=O)(=O)N1CC2(CCN(C(=O)C(Cc3ccc(Cl)cc3)NC(=O)C(F)(F)F)CC2)c2ccccc21. The van der Waals surface area contributed by atoms with Crippen LogP contribution in [0.4, 0.5) is 18.9 Å². The Hall–Kier alpha value is -2.79. The first-order chi connectivity index (χ1) is 16.8. The zero-order valence-electron chi connectivity index (χ0n) is 19.4. The van der Waals surface area contributed by atoms with Crippen molar-refractivity contribution in [1.29, 1.82) is 0 Å². The van der Waals surface area contributed by atoms with E-state index in [1.165, 1.54) is 9.21 Å². The van der Waals surface area contributed by atoms with Crippen LogP contribution in [-0.4, -0.2) is 63.2 Å². The first-order valence-electron chi connectivity index (χ1n) is 11.3. The maximum absolute atomic E-state index is 13.3. The number of likely N-dealkylation sites (tertiary alicyclic amines) is 1. The number of hydrogen-bond donors (Lipinski definition) is 1. The molecule has 2 amide bonds. The second-order valence-corrected chi connectivity index (χ2v) is 11.6. The van der Waals surface area contributed by atoms with Crippen molar-refractivity contribution in [3.05, 3.63) is 64.7 Å². The number of alkyl halides is 3. The van der Waals surface area contributed by atoms with Crippen molar-refractivity contribution < 1.29 is 31.2 Å². The van der Waals surface area contributed by atoms with Gasteiger partial charge in [-0.05, 0) is 42.2 Å². The molecule has 0 aromatic heterocycles. The molecule has 194 valence electrons. The van der Waals surface area contributed by atoms with Crippen molar-refractivity contribution >= 4 is 39.1 Å². The lowest BCUT2D eigenvalue weighted by atomic mass is 9.74. The highest BCUT2D eigenvalue weighted by Gasteiger charge is 2.48. The molecule has 1 fully saturated rings. The molecule has 2 aromatic rings. The molecule has 1 spiro atoms. The highest BCUT2D eigenvalue weighted by atomic mass is 35.5. The number of para-hydroxylation sites is 1. The predicted molar refractivity (Wildman–Crippen MR) is 129 cm³/mol. The minimum absolute atomic E-state index is 0.135. The monoisotopic (exact) mass is 543 g/mol. The van der Waals surface area contributed by atoms with Crippen LogP contribution in [0.2, 0.25) is 5.02 Å².